The highest BCUT2D eigenvalue weighted by Gasteiger charge is 2.27. The number of para-hydroxylation sites is 2. The molecule has 174 valence electrons. The summed E-state index contributed by atoms with van der Waals surface area (Å²) in [6.07, 6.45) is 0. The normalized spacial score (nSPS) is 11.5. The standard InChI is InChI=1S/C19H25N4O7PS/c1-4-29-31(26,30-5-2)22-18(24)20-16-8-6-7-9-17(16)21-19(25)23-32(27,28)15-12-10-14(3)11-13-15/h6-13H,4-5H2,1-3H3,(H2,21,23,25)(H2,20,22,24,26). The van der Waals surface area contributed by atoms with Gasteiger partial charge in [-0.1, -0.05) is 29.8 Å². The zero-order chi connectivity index (χ0) is 23.8. The third-order valence-corrected chi connectivity index (χ3v) is 6.84. The Balaban J connectivity index is 2.09. The van der Waals surface area contributed by atoms with Crippen molar-refractivity contribution in [3.05, 3.63) is 54.1 Å². The summed E-state index contributed by atoms with van der Waals surface area (Å²) in [6, 6.07) is 10.1. The zero-order valence-electron chi connectivity index (χ0n) is 17.7. The van der Waals surface area contributed by atoms with Gasteiger partial charge in [-0.25, -0.2) is 32.4 Å². The Morgan fingerprint density at radius 3 is 1.88 bits per heavy atom. The topological polar surface area (TPSA) is 152 Å². The number of anilines is 2. The summed E-state index contributed by atoms with van der Waals surface area (Å²) in [5, 5.41) is 6.90. The molecule has 11 nitrogen and oxygen atoms in total. The average Bonchev–Trinajstić information content (AvgIpc) is 2.69. The molecule has 0 atom stereocenters. The molecule has 32 heavy (non-hydrogen) atoms. The van der Waals surface area contributed by atoms with Gasteiger partial charge in [0.15, 0.2) is 0 Å². The molecule has 2 aromatic carbocycles. The predicted octanol–water partition coefficient (Wildman–Crippen LogP) is 3.81. The van der Waals surface area contributed by atoms with Gasteiger partial charge in [-0.3, -0.25) is 9.05 Å². The van der Waals surface area contributed by atoms with E-state index in [1.54, 1.807) is 45.0 Å². The molecule has 4 N–H and O–H groups in total. The van der Waals surface area contributed by atoms with Crippen molar-refractivity contribution < 1.29 is 31.6 Å². The number of amides is 4. The molecule has 0 aliphatic rings. The highest BCUT2D eigenvalue weighted by atomic mass is 32.2. The molecule has 0 radical (unpaired) electrons. The van der Waals surface area contributed by atoms with Crippen molar-refractivity contribution >= 4 is 41.2 Å². The van der Waals surface area contributed by atoms with Crippen molar-refractivity contribution in [2.45, 2.75) is 25.7 Å². The smallest absolute Gasteiger partial charge is 0.306 e. The number of carbonyl (C=O) groups is 2. The number of hydrogen-bond donors (Lipinski definition) is 4. The maximum atomic E-state index is 12.4. The molecule has 0 spiro atoms. The Morgan fingerprint density at radius 1 is 0.875 bits per heavy atom. The van der Waals surface area contributed by atoms with Crippen LogP contribution in [0.3, 0.4) is 0 Å². The van der Waals surface area contributed by atoms with Crippen LogP contribution in [-0.4, -0.2) is 33.7 Å². The van der Waals surface area contributed by atoms with Gasteiger partial charge in [0.25, 0.3) is 10.0 Å². The van der Waals surface area contributed by atoms with E-state index in [4.69, 9.17) is 9.05 Å². The van der Waals surface area contributed by atoms with E-state index >= 15 is 0 Å². The van der Waals surface area contributed by atoms with Crippen LogP contribution in [0.2, 0.25) is 0 Å². The number of benzene rings is 2. The number of carbonyl (C=O) groups excluding carboxylic acids is 2. The minimum Gasteiger partial charge on any atom is -0.306 e. The molecule has 0 aromatic heterocycles. The first-order valence-electron chi connectivity index (χ1n) is 9.56. The quantitative estimate of drug-likeness (QED) is 0.395. The molecule has 2 aromatic rings. The van der Waals surface area contributed by atoms with Gasteiger partial charge in [0, 0.05) is 0 Å². The highest BCUT2D eigenvalue weighted by Crippen LogP contribution is 2.43. The SMILES string of the molecule is CCOP(=O)(NC(=O)Nc1ccccc1NC(=O)NS(=O)(=O)c1ccc(C)cc1)OCC. The second-order valence-electron chi connectivity index (χ2n) is 6.32. The highest BCUT2D eigenvalue weighted by molar-refractivity contribution is 7.90. The van der Waals surface area contributed by atoms with Gasteiger partial charge < -0.3 is 10.6 Å². The first-order valence-corrected chi connectivity index (χ1v) is 12.6. The van der Waals surface area contributed by atoms with E-state index in [9.17, 15) is 22.6 Å². The molecule has 0 saturated carbocycles. The number of nitrogens with one attached hydrogen (secondary N) is 4. The van der Waals surface area contributed by atoms with Crippen LogP contribution >= 0.6 is 7.75 Å². The van der Waals surface area contributed by atoms with Crippen molar-refractivity contribution in [3.8, 4) is 0 Å². The second-order valence-corrected chi connectivity index (χ2v) is 9.73. The summed E-state index contributed by atoms with van der Waals surface area (Å²) in [7, 11) is -7.96. The molecule has 2 rings (SSSR count). The fraction of sp³-hybridized carbons (Fsp3) is 0.263. The lowest BCUT2D eigenvalue weighted by atomic mass is 10.2. The summed E-state index contributed by atoms with van der Waals surface area (Å²) < 4.78 is 49.1. The second kappa shape index (κ2) is 11.1. The lowest BCUT2D eigenvalue weighted by Gasteiger charge is -2.18. The summed E-state index contributed by atoms with van der Waals surface area (Å²) in [5.74, 6) is 0. The Bertz CT molecular complexity index is 1100. The van der Waals surface area contributed by atoms with Crippen LogP contribution in [0.1, 0.15) is 19.4 Å². The van der Waals surface area contributed by atoms with E-state index in [0.717, 1.165) is 5.56 Å². The number of sulfonamides is 1. The molecule has 13 heteroatoms. The summed E-state index contributed by atoms with van der Waals surface area (Å²) in [5.41, 5.74) is 1.08. The summed E-state index contributed by atoms with van der Waals surface area (Å²) in [4.78, 5) is 24.5. The molecule has 0 bridgehead atoms. The van der Waals surface area contributed by atoms with Gasteiger partial charge in [0.2, 0.25) is 0 Å². The third kappa shape index (κ3) is 7.34. The maximum Gasteiger partial charge on any atom is 0.436 e. The minimum atomic E-state index is -4.10. The van der Waals surface area contributed by atoms with E-state index in [-0.39, 0.29) is 29.5 Å². The van der Waals surface area contributed by atoms with Crippen LogP contribution in [0.25, 0.3) is 0 Å². The van der Waals surface area contributed by atoms with Gasteiger partial charge in [-0.2, -0.15) is 0 Å². The van der Waals surface area contributed by atoms with Crippen LogP contribution in [-0.2, 0) is 23.6 Å². The largest absolute Gasteiger partial charge is 0.436 e. The van der Waals surface area contributed by atoms with E-state index in [0.29, 0.717) is 0 Å². The van der Waals surface area contributed by atoms with E-state index in [1.165, 1.54) is 24.3 Å². The van der Waals surface area contributed by atoms with Gasteiger partial charge in [0.05, 0.1) is 29.5 Å². The molecule has 0 heterocycles. The Morgan fingerprint density at radius 2 is 1.38 bits per heavy atom. The number of rotatable bonds is 9. The van der Waals surface area contributed by atoms with E-state index in [2.05, 4.69) is 15.7 Å². The van der Waals surface area contributed by atoms with Crippen LogP contribution in [0.4, 0.5) is 21.0 Å². The fourth-order valence-electron chi connectivity index (χ4n) is 2.46. The van der Waals surface area contributed by atoms with Gasteiger partial charge >= 0.3 is 19.8 Å². The molecular weight excluding hydrogens is 459 g/mol. The fourth-order valence-corrected chi connectivity index (χ4v) is 4.56. The van der Waals surface area contributed by atoms with Gasteiger partial charge in [-0.15, -0.1) is 0 Å². The van der Waals surface area contributed by atoms with E-state index in [1.807, 2.05) is 4.72 Å². The maximum absolute atomic E-state index is 12.4. The van der Waals surface area contributed by atoms with Gasteiger partial charge in [0.1, 0.15) is 0 Å². The number of hydrogen-bond acceptors (Lipinski definition) is 7. The lowest BCUT2D eigenvalue weighted by molar-refractivity contribution is 0.208. The first-order chi connectivity index (χ1) is 15.1. The molecule has 0 fully saturated rings. The lowest BCUT2D eigenvalue weighted by Crippen LogP contribution is -2.35. The third-order valence-electron chi connectivity index (χ3n) is 3.82. The van der Waals surface area contributed by atoms with Crippen molar-refractivity contribution in [2.75, 3.05) is 23.8 Å². The van der Waals surface area contributed by atoms with Crippen molar-refractivity contribution in [3.63, 3.8) is 0 Å². The molecular formula is C19H25N4O7PS. The van der Waals surface area contributed by atoms with Crippen LogP contribution < -0.4 is 20.4 Å². The van der Waals surface area contributed by atoms with Gasteiger partial charge in [-0.05, 0) is 45.0 Å². The van der Waals surface area contributed by atoms with Crippen molar-refractivity contribution in [1.29, 1.82) is 0 Å². The Hall–Kier alpha value is -2.92. The van der Waals surface area contributed by atoms with Crippen molar-refractivity contribution in [2.24, 2.45) is 0 Å². The minimum absolute atomic E-state index is 0.0470. The van der Waals surface area contributed by atoms with Crippen LogP contribution in [0.15, 0.2) is 53.4 Å². The molecule has 4 amide bonds. The summed E-state index contributed by atoms with van der Waals surface area (Å²) >= 11 is 0. The first kappa shape index (κ1) is 25.3. The monoisotopic (exact) mass is 484 g/mol. The predicted molar refractivity (Wildman–Crippen MR) is 120 cm³/mol. The number of aryl methyl sites for hydroxylation is 1. The van der Waals surface area contributed by atoms with E-state index < -0.39 is 29.8 Å². The average molecular weight is 484 g/mol. The van der Waals surface area contributed by atoms with Crippen LogP contribution in [0.5, 0.6) is 0 Å². The Labute approximate surface area is 186 Å². The Kier molecular flexibility index (Phi) is 8.79. The number of urea groups is 2. The summed E-state index contributed by atoms with van der Waals surface area (Å²) in [6.45, 7) is 5.08. The molecule has 0 unspecified atom stereocenters. The molecule has 0 aliphatic carbocycles. The zero-order valence-corrected chi connectivity index (χ0v) is 19.5. The van der Waals surface area contributed by atoms with Crippen LogP contribution in [0, 0.1) is 6.92 Å². The molecule has 0 aliphatic heterocycles. The molecule has 0 saturated heterocycles. The van der Waals surface area contributed by atoms with Crippen molar-refractivity contribution in [1.82, 2.24) is 9.81 Å².